The predicted molar refractivity (Wildman–Crippen MR) is 70.7 cm³/mol. The second kappa shape index (κ2) is 6.84. The van der Waals surface area contributed by atoms with Crippen molar-refractivity contribution in [2.24, 2.45) is 0 Å². The van der Waals surface area contributed by atoms with E-state index in [2.05, 4.69) is 5.32 Å². The topological polar surface area (TPSA) is 81.5 Å². The Labute approximate surface area is 111 Å². The van der Waals surface area contributed by atoms with Gasteiger partial charge in [-0.3, -0.25) is 20.2 Å². The highest BCUT2D eigenvalue weighted by atomic mass is 16.6. The molecule has 2 atom stereocenters. The van der Waals surface area contributed by atoms with Gasteiger partial charge in [0.25, 0.3) is 5.69 Å². The average molecular weight is 266 g/mol. The quantitative estimate of drug-likeness (QED) is 0.485. The number of nitro benzene ring substituents is 1. The smallest absolute Gasteiger partial charge is 0.322 e. The molecule has 1 aromatic rings. The van der Waals surface area contributed by atoms with Crippen molar-refractivity contribution in [3.63, 3.8) is 0 Å². The molecule has 0 aliphatic heterocycles. The number of benzene rings is 1. The van der Waals surface area contributed by atoms with Crippen LogP contribution in [0.25, 0.3) is 0 Å². The molecule has 0 saturated heterocycles. The van der Waals surface area contributed by atoms with Crippen LogP contribution in [-0.2, 0) is 9.53 Å². The Balaban J connectivity index is 2.81. The molecule has 1 rings (SSSR count). The average Bonchev–Trinajstić information content (AvgIpc) is 2.38. The minimum Gasteiger partial charge on any atom is -0.465 e. The largest absolute Gasteiger partial charge is 0.465 e. The van der Waals surface area contributed by atoms with E-state index in [1.165, 1.54) is 6.07 Å². The molecule has 19 heavy (non-hydrogen) atoms. The Morgan fingerprint density at radius 2 is 2.05 bits per heavy atom. The third-order valence-corrected chi connectivity index (χ3v) is 2.74. The number of ether oxygens (including phenoxy) is 1. The number of hydrogen-bond acceptors (Lipinski definition) is 5. The van der Waals surface area contributed by atoms with Gasteiger partial charge in [-0.2, -0.15) is 0 Å². The van der Waals surface area contributed by atoms with Gasteiger partial charge in [0.2, 0.25) is 0 Å². The van der Waals surface area contributed by atoms with Crippen molar-refractivity contribution in [3.05, 3.63) is 39.9 Å². The summed E-state index contributed by atoms with van der Waals surface area (Å²) in [6, 6.07) is 5.63. The van der Waals surface area contributed by atoms with E-state index in [0.29, 0.717) is 12.2 Å². The molecular formula is C13H18N2O4. The summed E-state index contributed by atoms with van der Waals surface area (Å²) in [5, 5.41) is 13.9. The SMILES string of the molecule is CCOC(=O)C(C)NC(C)c1ccccc1[N+](=O)[O-]. The maximum atomic E-state index is 11.5. The summed E-state index contributed by atoms with van der Waals surface area (Å²) in [4.78, 5) is 22.0. The Kier molecular flexibility index (Phi) is 5.44. The van der Waals surface area contributed by atoms with Crippen LogP contribution in [0.5, 0.6) is 0 Å². The number of hydrogen-bond donors (Lipinski definition) is 1. The molecule has 6 nitrogen and oxygen atoms in total. The van der Waals surface area contributed by atoms with E-state index in [9.17, 15) is 14.9 Å². The molecule has 1 aromatic carbocycles. The first kappa shape index (κ1) is 15.1. The van der Waals surface area contributed by atoms with Gasteiger partial charge >= 0.3 is 5.97 Å². The van der Waals surface area contributed by atoms with Crippen molar-refractivity contribution in [2.45, 2.75) is 32.9 Å². The molecule has 6 heteroatoms. The van der Waals surface area contributed by atoms with Gasteiger partial charge in [-0.1, -0.05) is 18.2 Å². The number of nitrogens with one attached hydrogen (secondary N) is 1. The fourth-order valence-electron chi connectivity index (χ4n) is 1.82. The zero-order valence-corrected chi connectivity index (χ0v) is 11.3. The fourth-order valence-corrected chi connectivity index (χ4v) is 1.82. The van der Waals surface area contributed by atoms with Crippen LogP contribution in [0.1, 0.15) is 32.4 Å². The number of nitro groups is 1. The number of carbonyl (C=O) groups excluding carboxylic acids is 1. The Morgan fingerprint density at radius 3 is 2.63 bits per heavy atom. The molecule has 1 N–H and O–H groups in total. The standard InChI is InChI=1S/C13H18N2O4/c1-4-19-13(16)10(3)14-9(2)11-7-5-6-8-12(11)15(17)18/h5-10,14H,4H2,1-3H3. The van der Waals surface area contributed by atoms with Gasteiger partial charge in [0.05, 0.1) is 11.5 Å². The van der Waals surface area contributed by atoms with Gasteiger partial charge in [-0.05, 0) is 20.8 Å². The highest BCUT2D eigenvalue weighted by molar-refractivity contribution is 5.75. The normalized spacial score (nSPS) is 13.6. The molecule has 104 valence electrons. The van der Waals surface area contributed by atoms with Crippen molar-refractivity contribution in [2.75, 3.05) is 6.61 Å². The van der Waals surface area contributed by atoms with Gasteiger partial charge in [0.1, 0.15) is 6.04 Å². The first-order valence-corrected chi connectivity index (χ1v) is 6.13. The Bertz CT molecular complexity index is 462. The molecule has 0 saturated carbocycles. The van der Waals surface area contributed by atoms with Crippen LogP contribution in [0.15, 0.2) is 24.3 Å². The summed E-state index contributed by atoms with van der Waals surface area (Å²) in [6.45, 7) is 5.49. The summed E-state index contributed by atoms with van der Waals surface area (Å²) >= 11 is 0. The molecule has 0 aromatic heterocycles. The lowest BCUT2D eigenvalue weighted by atomic mass is 10.1. The molecule has 0 aliphatic carbocycles. The second-order valence-electron chi connectivity index (χ2n) is 4.18. The van der Waals surface area contributed by atoms with Crippen molar-refractivity contribution in [1.82, 2.24) is 5.32 Å². The summed E-state index contributed by atoms with van der Waals surface area (Å²) < 4.78 is 4.88. The van der Waals surface area contributed by atoms with E-state index < -0.39 is 11.0 Å². The first-order valence-electron chi connectivity index (χ1n) is 6.13. The van der Waals surface area contributed by atoms with Crippen molar-refractivity contribution in [1.29, 1.82) is 0 Å². The second-order valence-corrected chi connectivity index (χ2v) is 4.18. The minimum atomic E-state index is -0.519. The van der Waals surface area contributed by atoms with Crippen LogP contribution < -0.4 is 5.32 Å². The van der Waals surface area contributed by atoms with Crippen LogP contribution >= 0.6 is 0 Å². The molecule has 0 fully saturated rings. The van der Waals surface area contributed by atoms with E-state index in [1.807, 2.05) is 0 Å². The van der Waals surface area contributed by atoms with Gasteiger partial charge in [0, 0.05) is 17.7 Å². The Morgan fingerprint density at radius 1 is 1.42 bits per heavy atom. The van der Waals surface area contributed by atoms with E-state index in [4.69, 9.17) is 4.74 Å². The van der Waals surface area contributed by atoms with Crippen LogP contribution in [0.3, 0.4) is 0 Å². The number of esters is 1. The highest BCUT2D eigenvalue weighted by Crippen LogP contribution is 2.24. The molecule has 0 bridgehead atoms. The van der Waals surface area contributed by atoms with Gasteiger partial charge in [0.15, 0.2) is 0 Å². The van der Waals surface area contributed by atoms with Crippen molar-refractivity contribution >= 4 is 11.7 Å². The van der Waals surface area contributed by atoms with E-state index in [0.717, 1.165) is 0 Å². The Hall–Kier alpha value is -1.95. The zero-order valence-electron chi connectivity index (χ0n) is 11.3. The monoisotopic (exact) mass is 266 g/mol. The molecule has 2 unspecified atom stereocenters. The number of carbonyl (C=O) groups is 1. The van der Waals surface area contributed by atoms with E-state index in [-0.39, 0.29) is 17.7 Å². The predicted octanol–water partition coefficient (Wildman–Crippen LogP) is 2.20. The maximum absolute atomic E-state index is 11.5. The first-order chi connectivity index (χ1) is 8.97. The molecule has 0 radical (unpaired) electrons. The number of rotatable bonds is 6. The summed E-state index contributed by atoms with van der Waals surface area (Å²) in [7, 11) is 0. The summed E-state index contributed by atoms with van der Waals surface area (Å²) in [5.74, 6) is -0.368. The van der Waals surface area contributed by atoms with Crippen molar-refractivity contribution in [3.8, 4) is 0 Å². The molecule has 0 aliphatic rings. The fraction of sp³-hybridized carbons (Fsp3) is 0.462. The van der Waals surface area contributed by atoms with Crippen LogP contribution in [-0.4, -0.2) is 23.5 Å². The van der Waals surface area contributed by atoms with Crippen LogP contribution in [0.4, 0.5) is 5.69 Å². The van der Waals surface area contributed by atoms with Crippen molar-refractivity contribution < 1.29 is 14.5 Å². The summed E-state index contributed by atoms with van der Waals surface area (Å²) in [6.07, 6.45) is 0. The summed E-state index contributed by atoms with van der Waals surface area (Å²) in [5.41, 5.74) is 0.585. The van der Waals surface area contributed by atoms with Gasteiger partial charge in [-0.15, -0.1) is 0 Å². The van der Waals surface area contributed by atoms with Gasteiger partial charge < -0.3 is 4.74 Å². The lowest BCUT2D eigenvalue weighted by Gasteiger charge is -2.19. The maximum Gasteiger partial charge on any atom is 0.322 e. The molecule has 0 amide bonds. The third-order valence-electron chi connectivity index (χ3n) is 2.74. The number of para-hydroxylation sites is 1. The third kappa shape index (κ3) is 4.03. The van der Waals surface area contributed by atoms with E-state index >= 15 is 0 Å². The zero-order chi connectivity index (χ0) is 14.4. The van der Waals surface area contributed by atoms with E-state index in [1.54, 1.807) is 39.0 Å². The highest BCUT2D eigenvalue weighted by Gasteiger charge is 2.22. The lowest BCUT2D eigenvalue weighted by Crippen LogP contribution is -2.37. The van der Waals surface area contributed by atoms with Gasteiger partial charge in [-0.25, -0.2) is 0 Å². The van der Waals surface area contributed by atoms with Crippen LogP contribution in [0.2, 0.25) is 0 Å². The molecular weight excluding hydrogens is 248 g/mol. The lowest BCUT2D eigenvalue weighted by molar-refractivity contribution is -0.385. The number of nitrogens with zero attached hydrogens (tertiary/aromatic N) is 1. The minimum absolute atomic E-state index is 0.0403. The molecule has 0 heterocycles. The van der Waals surface area contributed by atoms with Crippen LogP contribution in [0, 0.1) is 10.1 Å². The molecule has 0 spiro atoms.